The van der Waals surface area contributed by atoms with E-state index in [9.17, 15) is 13.6 Å². The zero-order valence-electron chi connectivity index (χ0n) is 21.4. The van der Waals surface area contributed by atoms with Crippen molar-refractivity contribution in [1.82, 2.24) is 15.3 Å². The van der Waals surface area contributed by atoms with Crippen LogP contribution in [0.25, 0.3) is 20.8 Å². The van der Waals surface area contributed by atoms with Gasteiger partial charge in [0.2, 0.25) is 0 Å². The van der Waals surface area contributed by atoms with E-state index in [0.29, 0.717) is 24.4 Å². The molecular weight excluding hydrogens is 536 g/mol. The van der Waals surface area contributed by atoms with Gasteiger partial charge in [-0.25, -0.2) is 13.6 Å². The van der Waals surface area contributed by atoms with Gasteiger partial charge in [0.1, 0.15) is 11.6 Å². The maximum atomic E-state index is 14.9. The van der Waals surface area contributed by atoms with Crippen LogP contribution in [-0.2, 0) is 11.3 Å². The maximum absolute atomic E-state index is 14.9. The number of halogens is 2. The number of nitrogens with zero attached hydrogens (tertiary/aromatic N) is 2. The first-order chi connectivity index (χ1) is 19.5. The lowest BCUT2D eigenvalue weighted by molar-refractivity contribution is 0.199. The number of benzene rings is 2. The summed E-state index contributed by atoms with van der Waals surface area (Å²) in [5.74, 6) is -0.836. The summed E-state index contributed by atoms with van der Waals surface area (Å²) in [7, 11) is 1.67. The second-order valence-corrected chi connectivity index (χ2v) is 9.71. The molecule has 0 spiro atoms. The van der Waals surface area contributed by atoms with E-state index in [4.69, 9.17) is 9.47 Å². The van der Waals surface area contributed by atoms with Gasteiger partial charge in [-0.3, -0.25) is 9.97 Å². The van der Waals surface area contributed by atoms with Crippen molar-refractivity contribution in [3.63, 3.8) is 0 Å². The molecule has 11 heteroatoms. The third-order valence-electron chi connectivity index (χ3n) is 5.80. The Morgan fingerprint density at radius 3 is 2.60 bits per heavy atom. The van der Waals surface area contributed by atoms with E-state index in [2.05, 4.69) is 25.9 Å². The third-order valence-corrected chi connectivity index (χ3v) is 6.96. The van der Waals surface area contributed by atoms with Crippen molar-refractivity contribution >= 4 is 39.0 Å². The van der Waals surface area contributed by atoms with Crippen molar-refractivity contribution in [2.75, 3.05) is 30.9 Å². The van der Waals surface area contributed by atoms with Gasteiger partial charge in [-0.2, -0.15) is 0 Å². The highest BCUT2D eigenvalue weighted by Gasteiger charge is 2.15. The number of urea groups is 1. The summed E-state index contributed by atoms with van der Waals surface area (Å²) in [5, 5.41) is 8.16. The Kier molecular flexibility index (Phi) is 8.55. The van der Waals surface area contributed by atoms with Crippen LogP contribution in [0.5, 0.6) is 11.5 Å². The van der Waals surface area contributed by atoms with Crippen LogP contribution >= 0.6 is 11.3 Å². The average molecular weight is 562 g/mol. The molecule has 3 aromatic heterocycles. The fraction of sp³-hybridized carbons (Fsp3) is 0.138. The van der Waals surface area contributed by atoms with Crippen LogP contribution in [0.3, 0.4) is 0 Å². The minimum atomic E-state index is -0.705. The lowest BCUT2D eigenvalue weighted by Crippen LogP contribution is -2.20. The number of carbonyl (C=O) groups is 1. The monoisotopic (exact) mass is 561 g/mol. The van der Waals surface area contributed by atoms with Crippen LogP contribution in [0.15, 0.2) is 79.1 Å². The predicted molar refractivity (Wildman–Crippen MR) is 152 cm³/mol. The molecule has 0 aliphatic carbocycles. The third kappa shape index (κ3) is 6.57. The second kappa shape index (κ2) is 12.6. The van der Waals surface area contributed by atoms with Crippen molar-refractivity contribution in [3.05, 3.63) is 96.3 Å². The van der Waals surface area contributed by atoms with E-state index in [0.717, 1.165) is 33.4 Å². The number of hydrogen-bond acceptors (Lipinski definition) is 7. The fourth-order valence-corrected chi connectivity index (χ4v) is 4.87. The molecule has 0 atom stereocenters. The quantitative estimate of drug-likeness (QED) is 0.162. The van der Waals surface area contributed by atoms with Crippen molar-refractivity contribution in [1.29, 1.82) is 0 Å². The van der Waals surface area contributed by atoms with Crippen molar-refractivity contribution < 1.29 is 23.0 Å². The van der Waals surface area contributed by atoms with Gasteiger partial charge in [0.05, 0.1) is 33.1 Å². The highest BCUT2D eigenvalue weighted by atomic mass is 32.1. The normalized spacial score (nSPS) is 11.0. The summed E-state index contributed by atoms with van der Waals surface area (Å²) in [6, 6.07) is 16.6. The number of aromatic nitrogens is 2. The molecule has 0 aliphatic heterocycles. The molecule has 5 rings (SSSR count). The molecule has 40 heavy (non-hydrogen) atoms. The summed E-state index contributed by atoms with van der Waals surface area (Å²) in [4.78, 5) is 22.1. The van der Waals surface area contributed by atoms with Gasteiger partial charge in [-0.05, 0) is 42.0 Å². The number of pyridine rings is 2. The number of amides is 2. The maximum Gasteiger partial charge on any atom is 0.323 e. The Bertz CT molecular complexity index is 1630. The largest absolute Gasteiger partial charge is 0.453 e. The van der Waals surface area contributed by atoms with E-state index in [1.165, 1.54) is 41.7 Å². The lowest BCUT2D eigenvalue weighted by Gasteiger charge is -2.11. The molecule has 3 N–H and O–H groups in total. The average Bonchev–Trinajstić information content (AvgIpc) is 3.40. The molecule has 2 amide bonds. The number of ether oxygens (including phenoxy) is 2. The number of rotatable bonds is 10. The SMILES string of the molecule is COCCNCc1ccc(-c2cc3nccc(Oc4ccc(NC(=O)Nc5ccccc5F)cc4F)c3s2)nc1. The molecule has 2 aromatic carbocycles. The van der Waals surface area contributed by atoms with E-state index < -0.39 is 17.7 Å². The number of thiophene rings is 1. The Hall–Kier alpha value is -4.45. The topological polar surface area (TPSA) is 97.4 Å². The van der Waals surface area contributed by atoms with Gasteiger partial charge >= 0.3 is 6.03 Å². The van der Waals surface area contributed by atoms with Gasteiger partial charge < -0.3 is 25.4 Å². The summed E-state index contributed by atoms with van der Waals surface area (Å²) in [6.45, 7) is 2.09. The summed E-state index contributed by atoms with van der Waals surface area (Å²) < 4.78 is 40.4. The predicted octanol–water partition coefficient (Wildman–Crippen LogP) is 6.81. The van der Waals surface area contributed by atoms with Crippen molar-refractivity contribution in [2.24, 2.45) is 0 Å². The lowest BCUT2D eigenvalue weighted by atomic mass is 10.2. The number of anilines is 2. The number of hydrogen-bond donors (Lipinski definition) is 3. The molecule has 204 valence electrons. The molecular formula is C29H25F2N5O3S. The Balaban J connectivity index is 1.27. The first-order valence-electron chi connectivity index (χ1n) is 12.3. The van der Waals surface area contributed by atoms with Gasteiger partial charge in [-0.15, -0.1) is 11.3 Å². The van der Waals surface area contributed by atoms with E-state index in [1.54, 1.807) is 25.4 Å². The molecule has 0 saturated carbocycles. The van der Waals surface area contributed by atoms with Gasteiger partial charge in [0.25, 0.3) is 0 Å². The zero-order chi connectivity index (χ0) is 27.9. The van der Waals surface area contributed by atoms with Crippen LogP contribution in [0, 0.1) is 11.6 Å². The number of nitrogens with one attached hydrogen (secondary N) is 3. The number of methoxy groups -OCH3 is 1. The highest BCUT2D eigenvalue weighted by Crippen LogP contribution is 2.39. The minimum Gasteiger partial charge on any atom is -0.453 e. The zero-order valence-corrected chi connectivity index (χ0v) is 22.2. The Morgan fingerprint density at radius 1 is 0.950 bits per heavy atom. The summed E-state index contributed by atoms with van der Waals surface area (Å²) >= 11 is 1.45. The first kappa shape index (κ1) is 27.1. The van der Waals surface area contributed by atoms with E-state index in [-0.39, 0.29) is 17.1 Å². The number of carbonyl (C=O) groups excluding carboxylic acids is 1. The minimum absolute atomic E-state index is 0.0125. The second-order valence-electron chi connectivity index (χ2n) is 8.66. The van der Waals surface area contributed by atoms with Crippen LogP contribution in [0.4, 0.5) is 25.0 Å². The molecule has 0 unspecified atom stereocenters. The Morgan fingerprint density at radius 2 is 1.82 bits per heavy atom. The standard InChI is InChI=1S/C29H25F2N5O3S/c1-38-13-12-32-16-18-6-8-23(34-17-18)27-15-24-28(40-27)26(10-11-33-24)39-25-9-7-19(14-21(25)31)35-29(37)36-22-5-3-2-4-20(22)30/h2-11,14-15,17,32H,12-13,16H2,1H3,(H2,35,36,37). The molecule has 3 heterocycles. The smallest absolute Gasteiger partial charge is 0.323 e. The van der Waals surface area contributed by atoms with Crippen LogP contribution in [-0.4, -0.2) is 36.3 Å². The molecule has 0 aliphatic rings. The number of fused-ring (bicyclic) bond motifs is 1. The van der Waals surface area contributed by atoms with Crippen LogP contribution in [0.1, 0.15) is 5.56 Å². The van der Waals surface area contributed by atoms with Crippen molar-refractivity contribution in [3.8, 4) is 22.1 Å². The summed E-state index contributed by atoms with van der Waals surface area (Å²) in [5.41, 5.74) is 2.75. The molecule has 0 saturated heterocycles. The van der Waals surface area contributed by atoms with Crippen molar-refractivity contribution in [2.45, 2.75) is 6.54 Å². The fourth-order valence-electron chi connectivity index (χ4n) is 3.83. The molecule has 5 aromatic rings. The van der Waals surface area contributed by atoms with E-state index >= 15 is 0 Å². The Labute approximate surface area is 233 Å². The van der Waals surface area contributed by atoms with Gasteiger partial charge in [-0.1, -0.05) is 18.2 Å². The van der Waals surface area contributed by atoms with Crippen LogP contribution in [0.2, 0.25) is 0 Å². The highest BCUT2D eigenvalue weighted by molar-refractivity contribution is 7.22. The molecule has 0 radical (unpaired) electrons. The number of para-hydroxylation sites is 1. The molecule has 0 fully saturated rings. The molecule has 8 nitrogen and oxygen atoms in total. The van der Waals surface area contributed by atoms with E-state index in [1.807, 2.05) is 24.4 Å². The summed E-state index contributed by atoms with van der Waals surface area (Å²) in [6.07, 6.45) is 3.42. The van der Waals surface area contributed by atoms with Crippen LogP contribution < -0.4 is 20.7 Å². The van der Waals surface area contributed by atoms with Gasteiger partial charge in [0, 0.05) is 50.4 Å². The van der Waals surface area contributed by atoms with Gasteiger partial charge in [0.15, 0.2) is 11.6 Å². The molecule has 0 bridgehead atoms. The first-order valence-corrected chi connectivity index (χ1v) is 13.2.